The van der Waals surface area contributed by atoms with Crippen LogP contribution in [0.5, 0.6) is 0 Å². The quantitative estimate of drug-likeness (QED) is 0.663. The van der Waals surface area contributed by atoms with E-state index in [0.717, 1.165) is 53.2 Å². The molecule has 5 aliphatic rings. The number of fused-ring (bicyclic) bond motifs is 7. The Balaban J connectivity index is 1.22. The number of thioether (sulfide) groups is 1. The molecule has 10 atom stereocenters. The van der Waals surface area contributed by atoms with Crippen LogP contribution in [0, 0.1) is 52.8 Å². The molecule has 0 aromatic carbocycles. The highest BCUT2D eigenvalue weighted by molar-refractivity contribution is 7.98. The second kappa shape index (κ2) is 7.09. The fraction of sp³-hybridized carbons (Fsp3) is 0.846. The van der Waals surface area contributed by atoms with E-state index in [1.807, 2.05) is 17.1 Å². The highest BCUT2D eigenvalue weighted by atomic mass is 32.2. The Labute approximate surface area is 190 Å². The Kier molecular flexibility index (Phi) is 4.75. The zero-order valence-corrected chi connectivity index (χ0v) is 20.1. The second-order valence-electron chi connectivity index (χ2n) is 12.2. The van der Waals surface area contributed by atoms with Crippen molar-refractivity contribution in [2.45, 2.75) is 82.3 Å². The van der Waals surface area contributed by atoms with E-state index in [4.69, 9.17) is 0 Å². The van der Waals surface area contributed by atoms with E-state index in [2.05, 4.69) is 25.2 Å². The largest absolute Gasteiger partial charge is 0.390 e. The molecule has 1 unspecified atom stereocenters. The van der Waals surface area contributed by atoms with Gasteiger partial charge in [0.2, 0.25) is 0 Å². The van der Waals surface area contributed by atoms with Crippen LogP contribution in [0.15, 0.2) is 17.3 Å². The van der Waals surface area contributed by atoms with Crippen molar-refractivity contribution in [1.82, 2.24) is 9.78 Å². The van der Waals surface area contributed by atoms with Crippen LogP contribution in [0.25, 0.3) is 0 Å². The first-order valence-electron chi connectivity index (χ1n) is 12.6. The average molecular weight is 443 g/mol. The lowest BCUT2D eigenvalue weighted by molar-refractivity contribution is -0.136. The summed E-state index contributed by atoms with van der Waals surface area (Å²) in [6, 6.07) is 0. The minimum atomic E-state index is -0.438. The molecule has 4 nitrogen and oxygen atoms in total. The van der Waals surface area contributed by atoms with E-state index in [9.17, 15) is 9.90 Å². The Hall–Kier alpha value is -0.810. The maximum absolute atomic E-state index is 13.6. The molecule has 1 aromatic rings. The number of carbonyl (C=O) groups is 1. The zero-order chi connectivity index (χ0) is 21.5. The molecule has 5 aliphatic carbocycles. The molecule has 5 saturated carbocycles. The van der Waals surface area contributed by atoms with Gasteiger partial charge in [-0.05, 0) is 111 Å². The van der Waals surface area contributed by atoms with Crippen molar-refractivity contribution in [3.8, 4) is 0 Å². The summed E-state index contributed by atoms with van der Waals surface area (Å²) in [5.41, 5.74) is -0.236. The van der Waals surface area contributed by atoms with E-state index in [-0.39, 0.29) is 11.3 Å². The number of aliphatic hydroxyl groups is 1. The summed E-state index contributed by atoms with van der Waals surface area (Å²) in [6.45, 7) is 4.98. The predicted octanol–water partition coefficient (Wildman–Crippen LogP) is 5.05. The lowest BCUT2D eigenvalue weighted by Gasteiger charge is -2.57. The number of hydrogen-bond donors (Lipinski definition) is 1. The molecule has 1 N–H and O–H groups in total. The molecule has 1 aromatic heterocycles. The minimum absolute atomic E-state index is 0.203. The Bertz CT molecular complexity index is 881. The molecular weight excluding hydrogens is 404 g/mol. The topological polar surface area (TPSA) is 55.1 Å². The summed E-state index contributed by atoms with van der Waals surface area (Å²) in [5, 5.41) is 15.1. The van der Waals surface area contributed by atoms with Gasteiger partial charge in [0.15, 0.2) is 5.78 Å². The number of aromatic nitrogens is 2. The smallest absolute Gasteiger partial charge is 0.158 e. The molecule has 0 radical (unpaired) electrons. The van der Waals surface area contributed by atoms with Gasteiger partial charge in [0, 0.05) is 17.0 Å². The summed E-state index contributed by atoms with van der Waals surface area (Å²) in [4.78, 5) is 14.7. The molecule has 0 saturated heterocycles. The van der Waals surface area contributed by atoms with Gasteiger partial charge in [0.1, 0.15) is 0 Å². The van der Waals surface area contributed by atoms with Gasteiger partial charge in [-0.2, -0.15) is 5.10 Å². The third-order valence-electron chi connectivity index (χ3n) is 10.5. The van der Waals surface area contributed by atoms with E-state index >= 15 is 0 Å². The highest BCUT2D eigenvalue weighted by Gasteiger charge is 2.70. The van der Waals surface area contributed by atoms with Crippen molar-refractivity contribution in [2.24, 2.45) is 52.8 Å². The van der Waals surface area contributed by atoms with Crippen LogP contribution >= 0.6 is 11.8 Å². The van der Waals surface area contributed by atoms with Gasteiger partial charge in [0.05, 0.1) is 18.3 Å². The Morgan fingerprint density at radius 3 is 2.71 bits per heavy atom. The van der Waals surface area contributed by atoms with Crippen LogP contribution in [-0.4, -0.2) is 32.5 Å². The maximum atomic E-state index is 13.6. The molecular formula is C26H38N2O2S. The van der Waals surface area contributed by atoms with Gasteiger partial charge in [-0.25, -0.2) is 0 Å². The fourth-order valence-electron chi connectivity index (χ4n) is 9.45. The monoisotopic (exact) mass is 442 g/mol. The SMILES string of the molecule is CSc1cnn(CC(=O)[C@H]2[C@H]3C[C@H]3[C@H]3[C@@H]4CC[C@@H]5C[C@](C)(O)CCC5[C@H]4CC[C@@]32C)c1. The lowest BCUT2D eigenvalue weighted by Crippen LogP contribution is -2.52. The first-order chi connectivity index (χ1) is 14.8. The van der Waals surface area contributed by atoms with Gasteiger partial charge in [-0.3, -0.25) is 9.48 Å². The zero-order valence-electron chi connectivity index (χ0n) is 19.3. The molecule has 170 valence electrons. The van der Waals surface area contributed by atoms with Crippen molar-refractivity contribution >= 4 is 17.5 Å². The number of carbonyl (C=O) groups excluding carboxylic acids is 1. The van der Waals surface area contributed by atoms with Gasteiger partial charge in [0.25, 0.3) is 0 Å². The van der Waals surface area contributed by atoms with Crippen LogP contribution in [0.4, 0.5) is 0 Å². The summed E-state index contributed by atoms with van der Waals surface area (Å²) < 4.78 is 1.87. The highest BCUT2D eigenvalue weighted by Crippen LogP contribution is 2.74. The molecule has 0 aliphatic heterocycles. The Morgan fingerprint density at radius 1 is 1.13 bits per heavy atom. The summed E-state index contributed by atoms with van der Waals surface area (Å²) in [5.74, 6) is 6.10. The van der Waals surface area contributed by atoms with Crippen LogP contribution < -0.4 is 0 Å². The molecule has 0 amide bonds. The molecule has 1 heterocycles. The van der Waals surface area contributed by atoms with Crippen molar-refractivity contribution in [1.29, 1.82) is 0 Å². The van der Waals surface area contributed by atoms with E-state index in [0.29, 0.717) is 18.2 Å². The van der Waals surface area contributed by atoms with Gasteiger partial charge in [-0.1, -0.05) is 6.92 Å². The molecule has 0 bridgehead atoms. The van der Waals surface area contributed by atoms with Gasteiger partial charge < -0.3 is 5.11 Å². The molecule has 5 heteroatoms. The van der Waals surface area contributed by atoms with Crippen molar-refractivity contribution in [2.75, 3.05) is 6.26 Å². The lowest BCUT2D eigenvalue weighted by atomic mass is 9.48. The molecule has 0 spiro atoms. The van der Waals surface area contributed by atoms with Crippen LogP contribution in [0.2, 0.25) is 0 Å². The Morgan fingerprint density at radius 2 is 1.94 bits per heavy atom. The van der Waals surface area contributed by atoms with Crippen LogP contribution in [0.1, 0.15) is 65.2 Å². The normalized spacial score (nSPS) is 50.2. The van der Waals surface area contributed by atoms with Crippen molar-refractivity contribution < 1.29 is 9.90 Å². The number of rotatable bonds is 4. The summed E-state index contributed by atoms with van der Waals surface area (Å²) in [7, 11) is 0. The van der Waals surface area contributed by atoms with E-state index < -0.39 is 5.60 Å². The molecule has 6 rings (SSSR count). The van der Waals surface area contributed by atoms with Gasteiger partial charge >= 0.3 is 0 Å². The standard InChI is InChI=1S/C26H38N2O2S/c1-25(30)8-6-17-15(11-25)4-5-19-18(17)7-9-26(2)23(19)20-10-21(20)24(26)22(29)14-28-13-16(31-3)12-27-28/h12-13,15,17-21,23-24,30H,4-11,14H2,1-3H3/t15-,17?,18-,19-,20-,21+,23-,24-,25-,26+/m1/s1. The van der Waals surface area contributed by atoms with E-state index in [1.165, 1.54) is 38.5 Å². The van der Waals surface area contributed by atoms with Gasteiger partial charge in [-0.15, -0.1) is 11.8 Å². The minimum Gasteiger partial charge on any atom is -0.390 e. The molecule has 31 heavy (non-hydrogen) atoms. The fourth-order valence-corrected chi connectivity index (χ4v) is 9.83. The molecule has 5 fully saturated rings. The van der Waals surface area contributed by atoms with E-state index in [1.54, 1.807) is 11.8 Å². The van der Waals surface area contributed by atoms with Crippen molar-refractivity contribution in [3.63, 3.8) is 0 Å². The first-order valence-corrected chi connectivity index (χ1v) is 13.8. The number of nitrogens with zero attached hydrogens (tertiary/aromatic N) is 2. The predicted molar refractivity (Wildman–Crippen MR) is 123 cm³/mol. The third kappa shape index (κ3) is 3.19. The number of Topliss-reactive ketones (excluding diaryl/α,β-unsaturated/α-hetero) is 1. The average Bonchev–Trinajstić information content (AvgIpc) is 3.23. The van der Waals surface area contributed by atoms with Crippen LogP contribution in [-0.2, 0) is 11.3 Å². The maximum Gasteiger partial charge on any atom is 0.158 e. The third-order valence-corrected chi connectivity index (χ3v) is 11.2. The number of hydrogen-bond acceptors (Lipinski definition) is 4. The van der Waals surface area contributed by atoms with Crippen molar-refractivity contribution in [3.05, 3.63) is 12.4 Å². The van der Waals surface area contributed by atoms with Crippen LogP contribution in [0.3, 0.4) is 0 Å². The number of ketones is 1. The summed E-state index contributed by atoms with van der Waals surface area (Å²) in [6.07, 6.45) is 15.6. The summed E-state index contributed by atoms with van der Waals surface area (Å²) >= 11 is 1.69. The first kappa shape index (κ1) is 20.8. The second-order valence-corrected chi connectivity index (χ2v) is 13.1.